The first kappa shape index (κ1) is 17.3. The normalized spacial score (nSPS) is 12.8. The van der Waals surface area contributed by atoms with Gasteiger partial charge in [-0.05, 0) is 23.6 Å². The molecule has 0 unspecified atom stereocenters. The highest BCUT2D eigenvalue weighted by atomic mass is 19.4. The van der Waals surface area contributed by atoms with Crippen LogP contribution >= 0.6 is 0 Å². The summed E-state index contributed by atoms with van der Waals surface area (Å²) < 4.78 is 44.7. The first-order chi connectivity index (χ1) is 9.81. The van der Waals surface area contributed by atoms with Crippen molar-refractivity contribution in [3.8, 4) is 5.75 Å². The van der Waals surface area contributed by atoms with Crippen LogP contribution in [0.4, 0.5) is 13.2 Å². The van der Waals surface area contributed by atoms with Crippen molar-refractivity contribution in [2.75, 3.05) is 20.3 Å². The number of carbonyl (C=O) groups is 1. The minimum atomic E-state index is -4.70. The maximum absolute atomic E-state index is 12.0. The van der Waals surface area contributed by atoms with Gasteiger partial charge in [0, 0.05) is 20.1 Å². The number of amides is 1. The number of methoxy groups -OCH3 is 1. The fraction of sp³-hybridized carbons (Fsp3) is 0.500. The van der Waals surface area contributed by atoms with Crippen LogP contribution in [0.1, 0.15) is 24.8 Å². The predicted molar refractivity (Wildman–Crippen MR) is 71.0 cm³/mol. The number of halogens is 3. The summed E-state index contributed by atoms with van der Waals surface area (Å²) in [4.78, 5) is 11.6. The lowest BCUT2D eigenvalue weighted by atomic mass is 9.97. The Bertz CT molecular complexity index is 446. The molecule has 0 bridgehead atoms. The molecule has 0 radical (unpaired) electrons. The Labute approximate surface area is 121 Å². The predicted octanol–water partition coefficient (Wildman–Crippen LogP) is 2.84. The maximum atomic E-state index is 12.0. The lowest BCUT2D eigenvalue weighted by molar-refractivity contribution is -0.274. The Hall–Kier alpha value is -1.76. The molecule has 0 heterocycles. The molecule has 0 aliphatic rings. The molecule has 4 nitrogen and oxygen atoms in total. The number of hydrogen-bond acceptors (Lipinski definition) is 3. The molecule has 21 heavy (non-hydrogen) atoms. The summed E-state index contributed by atoms with van der Waals surface area (Å²) in [7, 11) is 1.54. The lowest BCUT2D eigenvalue weighted by Crippen LogP contribution is -2.27. The van der Waals surface area contributed by atoms with Gasteiger partial charge in [-0.1, -0.05) is 19.1 Å². The third-order valence-electron chi connectivity index (χ3n) is 2.80. The second-order valence-electron chi connectivity index (χ2n) is 4.56. The van der Waals surface area contributed by atoms with Crippen LogP contribution in [0.3, 0.4) is 0 Å². The summed E-state index contributed by atoms with van der Waals surface area (Å²) in [5.41, 5.74) is 0.770. The summed E-state index contributed by atoms with van der Waals surface area (Å²) in [6, 6.07) is 5.52. The molecule has 1 aromatic carbocycles. The maximum Gasteiger partial charge on any atom is 0.573 e. The summed E-state index contributed by atoms with van der Waals surface area (Å²) >= 11 is 0. The highest BCUT2D eigenvalue weighted by Crippen LogP contribution is 2.25. The fourth-order valence-electron chi connectivity index (χ4n) is 1.76. The van der Waals surface area contributed by atoms with E-state index in [2.05, 4.69) is 10.1 Å². The van der Waals surface area contributed by atoms with Gasteiger partial charge >= 0.3 is 6.36 Å². The van der Waals surface area contributed by atoms with Gasteiger partial charge < -0.3 is 14.8 Å². The van der Waals surface area contributed by atoms with Gasteiger partial charge in [-0.2, -0.15) is 0 Å². The molecular weight excluding hydrogens is 287 g/mol. The third kappa shape index (κ3) is 6.99. The lowest BCUT2D eigenvalue weighted by Gasteiger charge is -2.13. The molecule has 0 aliphatic heterocycles. The molecule has 0 spiro atoms. The van der Waals surface area contributed by atoms with E-state index in [4.69, 9.17) is 4.74 Å². The van der Waals surface area contributed by atoms with E-state index in [1.807, 2.05) is 6.92 Å². The first-order valence-corrected chi connectivity index (χ1v) is 6.43. The van der Waals surface area contributed by atoms with Crippen molar-refractivity contribution >= 4 is 5.91 Å². The molecule has 1 rings (SSSR count). The zero-order valence-corrected chi connectivity index (χ0v) is 11.9. The zero-order chi connectivity index (χ0) is 15.9. The average Bonchev–Trinajstić information content (AvgIpc) is 2.38. The minimum Gasteiger partial charge on any atom is -0.406 e. The Morgan fingerprint density at radius 3 is 2.43 bits per heavy atom. The standard InChI is InChI=1S/C14H18F3NO3/c1-10(9-13(19)18-7-8-20-2)11-3-5-12(6-4-11)21-14(15,16)17/h3-6,10H,7-9H2,1-2H3,(H,18,19)/t10-/m1/s1. The van der Waals surface area contributed by atoms with Gasteiger partial charge in [0.05, 0.1) is 6.61 Å². The van der Waals surface area contributed by atoms with Crippen LogP contribution in [-0.2, 0) is 9.53 Å². The smallest absolute Gasteiger partial charge is 0.406 e. The summed E-state index contributed by atoms with van der Waals surface area (Å²) in [5, 5.41) is 2.69. The number of ether oxygens (including phenoxy) is 2. The number of alkyl halides is 3. The number of rotatable bonds is 7. The van der Waals surface area contributed by atoms with Crippen molar-refractivity contribution in [3.05, 3.63) is 29.8 Å². The van der Waals surface area contributed by atoms with Crippen molar-refractivity contribution in [3.63, 3.8) is 0 Å². The molecule has 0 saturated carbocycles. The molecule has 0 aromatic heterocycles. The molecule has 1 amide bonds. The van der Waals surface area contributed by atoms with Crippen LogP contribution in [0.2, 0.25) is 0 Å². The van der Waals surface area contributed by atoms with E-state index >= 15 is 0 Å². The van der Waals surface area contributed by atoms with E-state index in [0.29, 0.717) is 13.2 Å². The highest BCUT2D eigenvalue weighted by Gasteiger charge is 2.31. The van der Waals surface area contributed by atoms with Gasteiger partial charge in [-0.15, -0.1) is 13.2 Å². The molecule has 0 fully saturated rings. The molecule has 1 atom stereocenters. The second kappa shape index (κ2) is 7.87. The molecule has 0 saturated heterocycles. The Kier molecular flexibility index (Phi) is 6.48. The van der Waals surface area contributed by atoms with Crippen molar-refractivity contribution in [1.82, 2.24) is 5.32 Å². The van der Waals surface area contributed by atoms with Crippen LogP contribution in [-0.4, -0.2) is 32.5 Å². The van der Waals surface area contributed by atoms with Gasteiger partial charge in [-0.3, -0.25) is 4.79 Å². The molecule has 118 valence electrons. The summed E-state index contributed by atoms with van der Waals surface area (Å²) in [6.07, 6.45) is -4.45. The first-order valence-electron chi connectivity index (χ1n) is 6.43. The van der Waals surface area contributed by atoms with E-state index in [-0.39, 0.29) is 24.0 Å². The van der Waals surface area contributed by atoms with Gasteiger partial charge in [0.15, 0.2) is 0 Å². The monoisotopic (exact) mass is 305 g/mol. The van der Waals surface area contributed by atoms with E-state index in [1.54, 1.807) is 7.11 Å². The van der Waals surface area contributed by atoms with Crippen LogP contribution in [0, 0.1) is 0 Å². The SMILES string of the molecule is COCCNC(=O)C[C@@H](C)c1ccc(OC(F)(F)F)cc1. The van der Waals surface area contributed by atoms with Crippen molar-refractivity contribution in [2.24, 2.45) is 0 Å². The van der Waals surface area contributed by atoms with E-state index in [1.165, 1.54) is 24.3 Å². The van der Waals surface area contributed by atoms with Crippen LogP contribution in [0.5, 0.6) is 5.75 Å². The van der Waals surface area contributed by atoms with E-state index in [0.717, 1.165) is 5.56 Å². The van der Waals surface area contributed by atoms with Crippen molar-refractivity contribution in [2.45, 2.75) is 25.6 Å². The molecule has 1 aromatic rings. The number of benzene rings is 1. The molecule has 1 N–H and O–H groups in total. The van der Waals surface area contributed by atoms with E-state index in [9.17, 15) is 18.0 Å². The van der Waals surface area contributed by atoms with Crippen LogP contribution < -0.4 is 10.1 Å². The average molecular weight is 305 g/mol. The van der Waals surface area contributed by atoms with Crippen LogP contribution in [0.25, 0.3) is 0 Å². The van der Waals surface area contributed by atoms with E-state index < -0.39 is 6.36 Å². The fourth-order valence-corrected chi connectivity index (χ4v) is 1.76. The Morgan fingerprint density at radius 1 is 1.29 bits per heavy atom. The molecule has 0 aliphatic carbocycles. The largest absolute Gasteiger partial charge is 0.573 e. The third-order valence-corrected chi connectivity index (χ3v) is 2.80. The van der Waals surface area contributed by atoms with Crippen molar-refractivity contribution < 1.29 is 27.4 Å². The quantitative estimate of drug-likeness (QED) is 0.788. The number of hydrogen-bond donors (Lipinski definition) is 1. The van der Waals surface area contributed by atoms with Gasteiger partial charge in [0.1, 0.15) is 5.75 Å². The molecule has 7 heteroatoms. The van der Waals surface area contributed by atoms with Crippen molar-refractivity contribution in [1.29, 1.82) is 0 Å². The van der Waals surface area contributed by atoms with Crippen LogP contribution in [0.15, 0.2) is 24.3 Å². The summed E-state index contributed by atoms with van der Waals surface area (Å²) in [6.45, 7) is 2.69. The van der Waals surface area contributed by atoms with Gasteiger partial charge in [0.2, 0.25) is 5.91 Å². The zero-order valence-electron chi connectivity index (χ0n) is 11.9. The molecular formula is C14H18F3NO3. The second-order valence-corrected chi connectivity index (χ2v) is 4.56. The Morgan fingerprint density at radius 2 is 1.90 bits per heavy atom. The summed E-state index contributed by atoms with van der Waals surface area (Å²) in [5.74, 6) is -0.509. The minimum absolute atomic E-state index is 0.104. The number of nitrogens with one attached hydrogen (secondary N) is 1. The highest BCUT2D eigenvalue weighted by molar-refractivity contribution is 5.76. The topological polar surface area (TPSA) is 47.6 Å². The van der Waals surface area contributed by atoms with Gasteiger partial charge in [-0.25, -0.2) is 0 Å². The number of carbonyl (C=O) groups excluding carboxylic acids is 1. The van der Waals surface area contributed by atoms with Gasteiger partial charge in [0.25, 0.3) is 0 Å². The Balaban J connectivity index is 2.51.